The predicted octanol–water partition coefficient (Wildman–Crippen LogP) is 4.26. The van der Waals surface area contributed by atoms with Crippen LogP contribution in [0.4, 0.5) is 13.2 Å². The van der Waals surface area contributed by atoms with Gasteiger partial charge in [-0.25, -0.2) is 8.42 Å². The van der Waals surface area contributed by atoms with Gasteiger partial charge in [0.1, 0.15) is 4.99 Å². The lowest BCUT2D eigenvalue weighted by molar-refractivity contribution is -0.129. The van der Waals surface area contributed by atoms with Gasteiger partial charge in [0.25, 0.3) is 0 Å². The number of fused-ring (bicyclic) bond motifs is 1. The fraction of sp³-hybridized carbons (Fsp3) is 0.407. The molecule has 220 valence electrons. The van der Waals surface area contributed by atoms with Crippen molar-refractivity contribution in [2.45, 2.75) is 30.9 Å². The molecule has 5 rings (SSSR count). The summed E-state index contributed by atoms with van der Waals surface area (Å²) in [7, 11) is -3.46. The van der Waals surface area contributed by atoms with Gasteiger partial charge in [-0.15, -0.1) is 0 Å². The van der Waals surface area contributed by atoms with Crippen LogP contribution >= 0.6 is 23.8 Å². The summed E-state index contributed by atoms with van der Waals surface area (Å²) in [6.45, 7) is 1.05. The summed E-state index contributed by atoms with van der Waals surface area (Å²) in [5, 5.41) is 4.17. The first-order chi connectivity index (χ1) is 19.3. The van der Waals surface area contributed by atoms with E-state index in [2.05, 4.69) is 10.2 Å². The van der Waals surface area contributed by atoms with Crippen LogP contribution in [0, 0.1) is 5.92 Å². The first-order valence-electron chi connectivity index (χ1n) is 13.0. The van der Waals surface area contributed by atoms with Gasteiger partial charge in [-0.05, 0) is 37.1 Å². The second kappa shape index (κ2) is 11.2. The van der Waals surface area contributed by atoms with Crippen LogP contribution in [0.2, 0.25) is 5.02 Å². The lowest BCUT2D eigenvalue weighted by Crippen LogP contribution is -2.51. The predicted molar refractivity (Wildman–Crippen MR) is 156 cm³/mol. The molecule has 0 bridgehead atoms. The Bertz CT molecular complexity index is 1610. The Morgan fingerprint density at radius 3 is 2.46 bits per heavy atom. The van der Waals surface area contributed by atoms with Crippen LogP contribution in [-0.4, -0.2) is 71.8 Å². The van der Waals surface area contributed by atoms with Crippen LogP contribution in [-0.2, 0) is 21.4 Å². The molecule has 0 radical (unpaired) electrons. The van der Waals surface area contributed by atoms with Crippen molar-refractivity contribution in [2.75, 3.05) is 33.2 Å². The number of nitrogens with zero attached hydrogens (tertiary/aromatic N) is 3. The van der Waals surface area contributed by atoms with Crippen molar-refractivity contribution in [3.8, 4) is 11.1 Å². The summed E-state index contributed by atoms with van der Waals surface area (Å²) < 4.78 is 65.8. The first-order valence-corrected chi connectivity index (χ1v) is 15.3. The SMILES string of the molecule is CN1CC(C(=O)NCc2ccc3c(-c4cccc(C(N)=S)c4)cn(C4CCN(S(=O)(=O)C(F)(F)F)CC4)c3c2Cl)C1. The molecule has 41 heavy (non-hydrogen) atoms. The molecule has 2 aliphatic rings. The van der Waals surface area contributed by atoms with Crippen LogP contribution in [0.3, 0.4) is 0 Å². The number of likely N-dealkylation sites (tertiary alicyclic amines) is 1. The van der Waals surface area contributed by atoms with Crippen molar-refractivity contribution in [2.24, 2.45) is 11.7 Å². The van der Waals surface area contributed by atoms with Crippen LogP contribution in [0.5, 0.6) is 0 Å². The van der Waals surface area contributed by atoms with Crippen molar-refractivity contribution in [1.29, 1.82) is 0 Å². The van der Waals surface area contributed by atoms with Gasteiger partial charge in [-0.1, -0.05) is 54.2 Å². The van der Waals surface area contributed by atoms with Gasteiger partial charge in [0, 0.05) is 61.5 Å². The minimum Gasteiger partial charge on any atom is -0.389 e. The standard InChI is InChI=1S/C27H29ClF3N5O3S2/c1-34-13-19(14-34)26(37)33-12-18-5-6-21-22(16-3-2-4-17(11-16)25(32)40)15-36(24(21)23(18)28)20-7-9-35(10-8-20)41(38,39)27(29,30)31/h2-6,11,15,19-20H,7-10,12-14H2,1H3,(H2,32,40)(H,33,37). The summed E-state index contributed by atoms with van der Waals surface area (Å²) in [6, 6.07) is 10.8. The van der Waals surface area contributed by atoms with Crippen molar-refractivity contribution in [3.05, 3.63) is 58.7 Å². The molecule has 2 saturated heterocycles. The molecule has 0 spiro atoms. The number of halogens is 4. The minimum atomic E-state index is -5.41. The van der Waals surface area contributed by atoms with Gasteiger partial charge in [0.15, 0.2) is 0 Å². The lowest BCUT2D eigenvalue weighted by Gasteiger charge is -2.34. The zero-order valence-electron chi connectivity index (χ0n) is 22.1. The number of amides is 1. The van der Waals surface area contributed by atoms with E-state index < -0.39 is 15.5 Å². The fourth-order valence-corrected chi connectivity index (χ4v) is 6.98. The monoisotopic (exact) mass is 627 g/mol. The van der Waals surface area contributed by atoms with Gasteiger partial charge in [0.05, 0.1) is 16.5 Å². The van der Waals surface area contributed by atoms with Gasteiger partial charge >= 0.3 is 15.5 Å². The van der Waals surface area contributed by atoms with Crippen LogP contribution in [0.1, 0.15) is 30.0 Å². The molecule has 2 fully saturated rings. The Kier molecular flexibility index (Phi) is 8.11. The maximum Gasteiger partial charge on any atom is 0.511 e. The summed E-state index contributed by atoms with van der Waals surface area (Å²) in [5.74, 6) is -0.125. The van der Waals surface area contributed by atoms with E-state index in [1.54, 1.807) is 6.07 Å². The highest BCUT2D eigenvalue weighted by Gasteiger charge is 2.50. The normalized spacial score (nSPS) is 18.0. The van der Waals surface area contributed by atoms with Crippen LogP contribution in [0.25, 0.3) is 22.0 Å². The van der Waals surface area contributed by atoms with E-state index in [0.29, 0.717) is 39.1 Å². The third kappa shape index (κ3) is 5.70. The van der Waals surface area contributed by atoms with E-state index in [9.17, 15) is 26.4 Å². The third-order valence-corrected chi connectivity index (χ3v) is 10.1. The molecule has 0 saturated carbocycles. The number of nitrogens with one attached hydrogen (secondary N) is 1. The fourth-order valence-electron chi connectivity index (χ4n) is 5.54. The highest BCUT2D eigenvalue weighted by molar-refractivity contribution is 7.90. The zero-order chi connectivity index (χ0) is 29.7. The number of benzene rings is 2. The Labute approximate surface area is 246 Å². The van der Waals surface area contributed by atoms with Gasteiger partial charge in [-0.2, -0.15) is 17.5 Å². The minimum absolute atomic E-state index is 0.0526. The average Bonchev–Trinajstić information content (AvgIpc) is 3.31. The van der Waals surface area contributed by atoms with Crippen molar-refractivity contribution in [1.82, 2.24) is 19.1 Å². The van der Waals surface area contributed by atoms with Gasteiger partial charge in [-0.3, -0.25) is 4.79 Å². The van der Waals surface area contributed by atoms with Crippen LogP contribution in [0.15, 0.2) is 42.6 Å². The first kappa shape index (κ1) is 29.8. The number of carbonyl (C=O) groups excluding carboxylic acids is 1. The van der Waals surface area contributed by atoms with Crippen molar-refractivity contribution < 1.29 is 26.4 Å². The molecule has 1 amide bonds. The van der Waals surface area contributed by atoms with E-state index >= 15 is 0 Å². The van der Waals surface area contributed by atoms with Crippen molar-refractivity contribution >= 4 is 55.6 Å². The molecular weight excluding hydrogens is 599 g/mol. The van der Waals surface area contributed by atoms with Crippen molar-refractivity contribution in [3.63, 3.8) is 0 Å². The number of aromatic nitrogens is 1. The second-order valence-corrected chi connectivity index (χ2v) is 13.3. The number of nitrogens with two attached hydrogens (primary N) is 1. The third-order valence-electron chi connectivity index (χ3n) is 7.81. The average molecular weight is 628 g/mol. The van der Waals surface area contributed by atoms with E-state index in [-0.39, 0.29) is 55.3 Å². The quantitative estimate of drug-likeness (QED) is 0.380. The molecule has 3 N–H and O–H groups in total. The smallest absolute Gasteiger partial charge is 0.389 e. The molecule has 0 unspecified atom stereocenters. The Balaban J connectivity index is 1.51. The van der Waals surface area contributed by atoms with E-state index in [1.807, 2.05) is 48.1 Å². The summed E-state index contributed by atoms with van der Waals surface area (Å²) >= 11 is 12.1. The maximum atomic E-state index is 13.1. The highest BCUT2D eigenvalue weighted by Crippen LogP contribution is 2.41. The van der Waals surface area contributed by atoms with E-state index in [4.69, 9.17) is 29.6 Å². The zero-order valence-corrected chi connectivity index (χ0v) is 24.5. The number of rotatable bonds is 7. The molecule has 3 aromatic rings. The molecule has 2 aliphatic heterocycles. The molecule has 8 nitrogen and oxygen atoms in total. The number of hydrogen-bond donors (Lipinski definition) is 2. The second-order valence-electron chi connectivity index (χ2n) is 10.5. The highest BCUT2D eigenvalue weighted by atomic mass is 35.5. The maximum absolute atomic E-state index is 13.1. The largest absolute Gasteiger partial charge is 0.511 e. The molecular formula is C27H29ClF3N5O3S2. The number of thiocarbonyl (C=S) groups is 1. The molecule has 2 aromatic carbocycles. The molecule has 3 heterocycles. The number of carbonyl (C=O) groups is 1. The molecule has 14 heteroatoms. The number of piperidine rings is 1. The summed E-state index contributed by atoms with van der Waals surface area (Å²) in [6.07, 6.45) is 2.22. The number of hydrogen-bond acceptors (Lipinski definition) is 5. The lowest BCUT2D eigenvalue weighted by atomic mass is 10.00. The Morgan fingerprint density at radius 1 is 1.17 bits per heavy atom. The molecule has 1 aromatic heterocycles. The summed E-state index contributed by atoms with van der Waals surface area (Å²) in [5.41, 5.74) is 4.18. The van der Waals surface area contributed by atoms with Crippen LogP contribution < -0.4 is 11.1 Å². The Hall–Kier alpha value is -2.71. The van der Waals surface area contributed by atoms with Gasteiger partial charge in [0.2, 0.25) is 5.91 Å². The summed E-state index contributed by atoms with van der Waals surface area (Å²) in [4.78, 5) is 14.8. The van der Waals surface area contributed by atoms with E-state index in [0.717, 1.165) is 16.5 Å². The van der Waals surface area contributed by atoms with E-state index in [1.165, 1.54) is 0 Å². The topological polar surface area (TPSA) is 101 Å². The van der Waals surface area contributed by atoms with Gasteiger partial charge < -0.3 is 20.5 Å². The molecule has 0 aliphatic carbocycles. The number of sulfonamides is 1. The Morgan fingerprint density at radius 2 is 1.85 bits per heavy atom. The molecule has 0 atom stereocenters. The number of alkyl halides is 3.